The van der Waals surface area contributed by atoms with Crippen molar-refractivity contribution >= 4 is 40.1 Å². The largest absolute Gasteiger partial charge is 0.478 e. The molecule has 1 heterocycles. The van der Waals surface area contributed by atoms with Gasteiger partial charge in [-0.25, -0.2) is 9.78 Å². The molecule has 2 aromatic carbocycles. The molecule has 1 atom stereocenters. The van der Waals surface area contributed by atoms with Crippen molar-refractivity contribution in [3.05, 3.63) is 75.9 Å². The number of pyridine rings is 1. The van der Waals surface area contributed by atoms with Crippen LogP contribution in [0.3, 0.4) is 0 Å². The number of carbonyl (C=O) groups is 1. The Morgan fingerprint density at radius 2 is 1.79 bits per heavy atom. The monoisotopic (exact) mass is 405 g/mol. The highest BCUT2D eigenvalue weighted by Gasteiger charge is 2.35. The molecule has 4 rings (SSSR count). The van der Waals surface area contributed by atoms with Gasteiger partial charge in [0.2, 0.25) is 0 Å². The summed E-state index contributed by atoms with van der Waals surface area (Å²) in [7, 11) is 0. The van der Waals surface area contributed by atoms with Crippen LogP contribution in [0.25, 0.3) is 22.6 Å². The molecule has 148 valence electrons. The van der Waals surface area contributed by atoms with Crippen molar-refractivity contribution in [2.75, 3.05) is 0 Å². The number of carboxylic acids is 1. The molecule has 4 heteroatoms. The van der Waals surface area contributed by atoms with Crippen molar-refractivity contribution in [1.29, 1.82) is 0 Å². The maximum Gasteiger partial charge on any atom is 0.336 e. The number of rotatable bonds is 2. The molecule has 1 N–H and O–H groups in total. The zero-order valence-electron chi connectivity index (χ0n) is 16.9. The Labute approximate surface area is 176 Å². The Hall–Kier alpha value is -2.65. The predicted molar refractivity (Wildman–Crippen MR) is 119 cm³/mol. The molecule has 0 saturated carbocycles. The summed E-state index contributed by atoms with van der Waals surface area (Å²) in [4.78, 5) is 17.2. The molecule has 0 radical (unpaired) electrons. The molecule has 0 aliphatic heterocycles. The molecule has 3 aromatic rings. The van der Waals surface area contributed by atoms with E-state index < -0.39 is 5.97 Å². The first-order valence-electron chi connectivity index (χ1n) is 9.85. The lowest BCUT2D eigenvalue weighted by atomic mass is 9.69. The van der Waals surface area contributed by atoms with Gasteiger partial charge in [-0.1, -0.05) is 62.7 Å². The maximum atomic E-state index is 12.3. The average Bonchev–Trinajstić information content (AvgIpc) is 2.67. The molecule has 0 fully saturated rings. The highest BCUT2D eigenvalue weighted by molar-refractivity contribution is 6.30. The third kappa shape index (κ3) is 3.79. The fraction of sp³-hybridized carbons (Fsp3) is 0.280. The van der Waals surface area contributed by atoms with Gasteiger partial charge >= 0.3 is 5.97 Å². The molecule has 3 nitrogen and oxygen atoms in total. The maximum absolute atomic E-state index is 12.3. The number of halogens is 1. The van der Waals surface area contributed by atoms with Gasteiger partial charge in [-0.05, 0) is 65.1 Å². The molecular formula is C25H24ClNO2. The van der Waals surface area contributed by atoms with Gasteiger partial charge in [0.25, 0.3) is 0 Å². The van der Waals surface area contributed by atoms with Crippen LogP contribution in [-0.2, 0) is 6.42 Å². The zero-order valence-corrected chi connectivity index (χ0v) is 17.6. The summed E-state index contributed by atoms with van der Waals surface area (Å²) in [5, 5.41) is 11.5. The van der Waals surface area contributed by atoms with Crippen molar-refractivity contribution < 1.29 is 9.90 Å². The Balaban J connectivity index is 1.99. The summed E-state index contributed by atoms with van der Waals surface area (Å²) in [6.45, 7) is 6.66. The van der Waals surface area contributed by atoms with Crippen LogP contribution in [0.4, 0.5) is 0 Å². The summed E-state index contributed by atoms with van der Waals surface area (Å²) in [5.41, 5.74) is 4.96. The fourth-order valence-electron chi connectivity index (χ4n) is 4.14. The fourth-order valence-corrected chi connectivity index (χ4v) is 4.27. The van der Waals surface area contributed by atoms with Crippen LogP contribution >= 0.6 is 11.6 Å². The van der Waals surface area contributed by atoms with Gasteiger partial charge in [-0.3, -0.25) is 0 Å². The number of para-hydroxylation sites is 1. The van der Waals surface area contributed by atoms with E-state index in [0.717, 1.165) is 40.8 Å². The first-order chi connectivity index (χ1) is 13.7. The van der Waals surface area contributed by atoms with Gasteiger partial charge in [0.15, 0.2) is 0 Å². The summed E-state index contributed by atoms with van der Waals surface area (Å²) < 4.78 is 0. The van der Waals surface area contributed by atoms with Crippen molar-refractivity contribution in [1.82, 2.24) is 4.98 Å². The Bertz CT molecular complexity index is 1120. The minimum atomic E-state index is -0.889. The van der Waals surface area contributed by atoms with Crippen molar-refractivity contribution in [3.8, 4) is 0 Å². The van der Waals surface area contributed by atoms with E-state index in [1.54, 1.807) is 0 Å². The summed E-state index contributed by atoms with van der Waals surface area (Å²) >= 11 is 6.04. The topological polar surface area (TPSA) is 50.2 Å². The molecule has 1 aliphatic rings. The van der Waals surface area contributed by atoms with E-state index in [1.807, 2.05) is 48.5 Å². The highest BCUT2D eigenvalue weighted by Crippen LogP contribution is 2.44. The quantitative estimate of drug-likeness (QED) is 0.513. The van der Waals surface area contributed by atoms with Crippen LogP contribution in [0, 0.1) is 11.3 Å². The average molecular weight is 406 g/mol. The minimum Gasteiger partial charge on any atom is -0.478 e. The van der Waals surface area contributed by atoms with E-state index in [2.05, 4.69) is 26.8 Å². The Kier molecular flexibility index (Phi) is 4.95. The minimum absolute atomic E-state index is 0.0538. The van der Waals surface area contributed by atoms with E-state index >= 15 is 0 Å². The van der Waals surface area contributed by atoms with Crippen LogP contribution in [0.5, 0.6) is 0 Å². The van der Waals surface area contributed by atoms with Gasteiger partial charge < -0.3 is 5.11 Å². The number of nitrogens with zero attached hydrogens (tertiary/aromatic N) is 1. The molecule has 0 saturated heterocycles. The second-order valence-electron chi connectivity index (χ2n) is 8.83. The van der Waals surface area contributed by atoms with Crippen LogP contribution in [-0.4, -0.2) is 16.1 Å². The summed E-state index contributed by atoms with van der Waals surface area (Å²) in [6.07, 6.45) is 3.71. The molecule has 1 aliphatic carbocycles. The van der Waals surface area contributed by atoms with Crippen LogP contribution in [0.1, 0.15) is 54.4 Å². The van der Waals surface area contributed by atoms with Crippen LogP contribution < -0.4 is 0 Å². The lowest BCUT2D eigenvalue weighted by Gasteiger charge is -2.36. The number of aromatic carboxylic acids is 1. The SMILES string of the molecule is CC(C)(C)C1C/C(=C/c2ccc(Cl)cc2)c2nc3ccccc3c(C(=O)O)c2C1. The second-order valence-corrected chi connectivity index (χ2v) is 9.27. The van der Waals surface area contributed by atoms with E-state index in [1.165, 1.54) is 0 Å². The number of aromatic nitrogens is 1. The smallest absolute Gasteiger partial charge is 0.336 e. The first kappa shape index (κ1) is 19.7. The lowest BCUT2D eigenvalue weighted by molar-refractivity contribution is 0.0696. The van der Waals surface area contributed by atoms with Gasteiger partial charge in [0.05, 0.1) is 16.8 Å². The molecule has 1 unspecified atom stereocenters. The second kappa shape index (κ2) is 7.31. The predicted octanol–water partition coefficient (Wildman–Crippen LogP) is 6.74. The summed E-state index contributed by atoms with van der Waals surface area (Å²) in [6, 6.07) is 15.2. The highest BCUT2D eigenvalue weighted by atomic mass is 35.5. The molecule has 0 amide bonds. The number of benzene rings is 2. The van der Waals surface area contributed by atoms with Crippen molar-refractivity contribution in [3.63, 3.8) is 0 Å². The third-order valence-corrected chi connectivity index (χ3v) is 6.12. The molecule has 29 heavy (non-hydrogen) atoms. The standard InChI is InChI=1S/C25H24ClNO2/c1-25(2,3)17-13-16(12-15-8-10-18(26)11-9-15)23-20(14-17)22(24(28)29)19-6-4-5-7-21(19)27-23/h4-12,17H,13-14H2,1-3H3,(H,28,29)/b16-12-. The Morgan fingerprint density at radius 1 is 1.10 bits per heavy atom. The lowest BCUT2D eigenvalue weighted by Crippen LogP contribution is -2.28. The normalized spacial score (nSPS) is 18.1. The van der Waals surface area contributed by atoms with Crippen LogP contribution in [0.15, 0.2) is 48.5 Å². The van der Waals surface area contributed by atoms with Gasteiger partial charge in [-0.2, -0.15) is 0 Å². The van der Waals surface area contributed by atoms with E-state index in [9.17, 15) is 9.90 Å². The number of hydrogen-bond acceptors (Lipinski definition) is 2. The number of carboxylic acid groups (broad SMARTS) is 1. The van der Waals surface area contributed by atoms with E-state index in [0.29, 0.717) is 21.9 Å². The molecule has 0 spiro atoms. The van der Waals surface area contributed by atoms with Crippen molar-refractivity contribution in [2.45, 2.75) is 33.6 Å². The van der Waals surface area contributed by atoms with Gasteiger partial charge in [0, 0.05) is 10.4 Å². The molecule has 1 aromatic heterocycles. The van der Waals surface area contributed by atoms with E-state index in [-0.39, 0.29) is 5.41 Å². The number of hydrogen-bond donors (Lipinski definition) is 1. The molecule has 0 bridgehead atoms. The summed E-state index contributed by atoms with van der Waals surface area (Å²) in [5.74, 6) is -0.560. The Morgan fingerprint density at radius 3 is 2.45 bits per heavy atom. The number of allylic oxidation sites excluding steroid dienone is 1. The number of fused-ring (bicyclic) bond motifs is 2. The molecular weight excluding hydrogens is 382 g/mol. The van der Waals surface area contributed by atoms with Gasteiger partial charge in [-0.15, -0.1) is 0 Å². The van der Waals surface area contributed by atoms with E-state index in [4.69, 9.17) is 16.6 Å². The van der Waals surface area contributed by atoms with Crippen LogP contribution in [0.2, 0.25) is 5.02 Å². The first-order valence-corrected chi connectivity index (χ1v) is 10.2. The third-order valence-electron chi connectivity index (χ3n) is 5.86. The zero-order chi connectivity index (χ0) is 20.8. The van der Waals surface area contributed by atoms with Gasteiger partial charge in [0.1, 0.15) is 0 Å². The van der Waals surface area contributed by atoms with Crippen molar-refractivity contribution in [2.24, 2.45) is 11.3 Å².